The Morgan fingerprint density at radius 3 is 2.70 bits per heavy atom. The SMILES string of the molecule is O=C(CN1CC(=O)N2CCC[C@H]2C1=O)N1CCC(CCn2cccn2)CC1. The topological polar surface area (TPSA) is 78.8 Å². The maximum atomic E-state index is 12.7. The molecule has 0 aromatic carbocycles. The van der Waals surface area contributed by atoms with Crippen LogP contribution in [0.15, 0.2) is 18.5 Å². The van der Waals surface area contributed by atoms with Crippen LogP contribution in [0.1, 0.15) is 32.1 Å². The number of fused-ring (bicyclic) bond motifs is 1. The van der Waals surface area contributed by atoms with Crippen molar-refractivity contribution in [3.05, 3.63) is 18.5 Å². The van der Waals surface area contributed by atoms with Crippen LogP contribution >= 0.6 is 0 Å². The summed E-state index contributed by atoms with van der Waals surface area (Å²) in [5.41, 5.74) is 0. The third kappa shape index (κ3) is 3.84. The minimum absolute atomic E-state index is 0.0257. The first-order valence-corrected chi connectivity index (χ1v) is 9.95. The highest BCUT2D eigenvalue weighted by atomic mass is 16.2. The fraction of sp³-hybridized carbons (Fsp3) is 0.684. The maximum absolute atomic E-state index is 12.7. The summed E-state index contributed by atoms with van der Waals surface area (Å²) in [7, 11) is 0. The van der Waals surface area contributed by atoms with Gasteiger partial charge in [0, 0.05) is 38.6 Å². The second-order valence-electron chi connectivity index (χ2n) is 7.82. The summed E-state index contributed by atoms with van der Waals surface area (Å²) in [5, 5.41) is 4.23. The van der Waals surface area contributed by atoms with Crippen molar-refractivity contribution in [2.75, 3.05) is 32.7 Å². The van der Waals surface area contributed by atoms with Gasteiger partial charge in [-0.05, 0) is 44.1 Å². The summed E-state index contributed by atoms with van der Waals surface area (Å²) in [5.74, 6) is 0.480. The van der Waals surface area contributed by atoms with Crippen molar-refractivity contribution >= 4 is 17.7 Å². The number of hydrogen-bond donors (Lipinski definition) is 0. The van der Waals surface area contributed by atoms with Crippen LogP contribution in [0.25, 0.3) is 0 Å². The number of amides is 3. The number of hydrogen-bond acceptors (Lipinski definition) is 4. The van der Waals surface area contributed by atoms with E-state index in [9.17, 15) is 14.4 Å². The number of carbonyl (C=O) groups is 3. The zero-order valence-corrected chi connectivity index (χ0v) is 15.6. The molecule has 3 aliphatic heterocycles. The molecule has 27 heavy (non-hydrogen) atoms. The van der Waals surface area contributed by atoms with E-state index in [-0.39, 0.29) is 36.9 Å². The summed E-state index contributed by atoms with van der Waals surface area (Å²) in [6.07, 6.45) is 8.39. The second kappa shape index (κ2) is 7.70. The number of rotatable bonds is 5. The molecule has 0 N–H and O–H groups in total. The van der Waals surface area contributed by atoms with Crippen molar-refractivity contribution < 1.29 is 14.4 Å². The Hall–Kier alpha value is -2.38. The van der Waals surface area contributed by atoms with E-state index in [1.165, 1.54) is 4.90 Å². The molecule has 8 nitrogen and oxygen atoms in total. The first-order valence-electron chi connectivity index (χ1n) is 9.95. The molecule has 8 heteroatoms. The Kier molecular flexibility index (Phi) is 5.13. The van der Waals surface area contributed by atoms with E-state index >= 15 is 0 Å². The van der Waals surface area contributed by atoms with Gasteiger partial charge in [-0.15, -0.1) is 0 Å². The number of piperidine rings is 1. The second-order valence-corrected chi connectivity index (χ2v) is 7.82. The number of nitrogens with zero attached hydrogens (tertiary/aromatic N) is 5. The summed E-state index contributed by atoms with van der Waals surface area (Å²) < 4.78 is 1.95. The van der Waals surface area contributed by atoms with Crippen LogP contribution in [-0.4, -0.2) is 81.0 Å². The van der Waals surface area contributed by atoms with Crippen LogP contribution in [0.4, 0.5) is 0 Å². The molecule has 0 bridgehead atoms. The van der Waals surface area contributed by atoms with Gasteiger partial charge in [0.15, 0.2) is 0 Å². The zero-order valence-electron chi connectivity index (χ0n) is 15.6. The van der Waals surface area contributed by atoms with Crippen LogP contribution in [-0.2, 0) is 20.9 Å². The van der Waals surface area contributed by atoms with Crippen molar-refractivity contribution in [3.8, 4) is 0 Å². The van der Waals surface area contributed by atoms with Crippen LogP contribution in [0, 0.1) is 5.92 Å². The molecule has 146 valence electrons. The monoisotopic (exact) mass is 373 g/mol. The predicted octanol–water partition coefficient (Wildman–Crippen LogP) is 0.345. The predicted molar refractivity (Wildman–Crippen MR) is 97.5 cm³/mol. The number of piperazine rings is 1. The average molecular weight is 373 g/mol. The summed E-state index contributed by atoms with van der Waals surface area (Å²) >= 11 is 0. The van der Waals surface area contributed by atoms with Gasteiger partial charge in [-0.25, -0.2) is 0 Å². The number of aromatic nitrogens is 2. The molecule has 0 unspecified atom stereocenters. The number of carbonyl (C=O) groups excluding carboxylic acids is 3. The molecule has 1 aromatic heterocycles. The number of aryl methyl sites for hydroxylation is 1. The third-order valence-electron chi connectivity index (χ3n) is 6.11. The fourth-order valence-corrected chi connectivity index (χ4v) is 4.48. The normalized spacial score (nSPS) is 23.9. The first-order chi connectivity index (χ1) is 13.1. The highest BCUT2D eigenvalue weighted by Gasteiger charge is 2.42. The Morgan fingerprint density at radius 2 is 1.96 bits per heavy atom. The van der Waals surface area contributed by atoms with Crippen LogP contribution in [0.3, 0.4) is 0 Å². The Morgan fingerprint density at radius 1 is 1.15 bits per heavy atom. The molecule has 3 saturated heterocycles. The van der Waals surface area contributed by atoms with Crippen molar-refractivity contribution in [1.29, 1.82) is 0 Å². The fourth-order valence-electron chi connectivity index (χ4n) is 4.48. The summed E-state index contributed by atoms with van der Waals surface area (Å²) in [6, 6.07) is 1.59. The van der Waals surface area contributed by atoms with Gasteiger partial charge in [0.25, 0.3) is 0 Å². The quantitative estimate of drug-likeness (QED) is 0.746. The van der Waals surface area contributed by atoms with Crippen molar-refractivity contribution in [1.82, 2.24) is 24.5 Å². The maximum Gasteiger partial charge on any atom is 0.246 e. The highest BCUT2D eigenvalue weighted by Crippen LogP contribution is 2.24. The minimum atomic E-state index is -0.341. The molecule has 3 fully saturated rings. The molecule has 3 aliphatic rings. The Balaban J connectivity index is 1.24. The van der Waals surface area contributed by atoms with E-state index < -0.39 is 0 Å². The molecule has 0 aliphatic carbocycles. The molecule has 0 radical (unpaired) electrons. The lowest BCUT2D eigenvalue weighted by Gasteiger charge is -2.38. The lowest BCUT2D eigenvalue weighted by molar-refractivity contribution is -0.156. The van der Waals surface area contributed by atoms with Gasteiger partial charge in [0.1, 0.15) is 19.1 Å². The first kappa shape index (κ1) is 18.0. The minimum Gasteiger partial charge on any atom is -0.341 e. The number of likely N-dealkylation sites (tertiary alicyclic amines) is 1. The van der Waals surface area contributed by atoms with Gasteiger partial charge in [-0.2, -0.15) is 5.10 Å². The Labute approximate surface area is 159 Å². The van der Waals surface area contributed by atoms with E-state index in [4.69, 9.17) is 0 Å². The van der Waals surface area contributed by atoms with Crippen molar-refractivity contribution in [2.45, 2.75) is 44.7 Å². The lowest BCUT2D eigenvalue weighted by Crippen LogP contribution is -2.59. The summed E-state index contributed by atoms with van der Waals surface area (Å²) in [6.45, 7) is 3.12. The molecule has 4 rings (SSSR count). The van der Waals surface area contributed by atoms with E-state index in [0.29, 0.717) is 12.5 Å². The van der Waals surface area contributed by atoms with Gasteiger partial charge >= 0.3 is 0 Å². The molecular formula is C19H27N5O3. The van der Waals surface area contributed by atoms with E-state index in [2.05, 4.69) is 5.10 Å². The van der Waals surface area contributed by atoms with E-state index in [1.54, 1.807) is 11.1 Å². The molecule has 1 aromatic rings. The van der Waals surface area contributed by atoms with E-state index in [0.717, 1.165) is 51.7 Å². The van der Waals surface area contributed by atoms with Gasteiger partial charge in [0.05, 0.1) is 0 Å². The third-order valence-corrected chi connectivity index (χ3v) is 6.11. The van der Waals surface area contributed by atoms with Gasteiger partial charge in [-0.1, -0.05) is 0 Å². The Bertz CT molecular complexity index is 696. The van der Waals surface area contributed by atoms with Crippen LogP contribution in [0.5, 0.6) is 0 Å². The van der Waals surface area contributed by atoms with Gasteiger partial charge in [-0.3, -0.25) is 19.1 Å². The van der Waals surface area contributed by atoms with E-state index in [1.807, 2.05) is 21.8 Å². The molecular weight excluding hydrogens is 346 g/mol. The lowest BCUT2D eigenvalue weighted by atomic mass is 9.93. The largest absolute Gasteiger partial charge is 0.341 e. The molecule has 4 heterocycles. The van der Waals surface area contributed by atoms with Crippen molar-refractivity contribution in [3.63, 3.8) is 0 Å². The standard InChI is InChI=1S/C19H27N5O3/c25-17(13-22-14-18(26)24-9-1-3-16(24)19(22)27)21-10-4-15(5-11-21)6-12-23-8-2-7-20-23/h2,7-8,15-16H,1,3-6,9-14H2/t16-/m0/s1. The zero-order chi connectivity index (χ0) is 18.8. The van der Waals surface area contributed by atoms with Crippen LogP contribution in [0.2, 0.25) is 0 Å². The average Bonchev–Trinajstić information content (AvgIpc) is 3.36. The van der Waals surface area contributed by atoms with Gasteiger partial charge in [0.2, 0.25) is 17.7 Å². The molecule has 0 saturated carbocycles. The molecule has 1 atom stereocenters. The van der Waals surface area contributed by atoms with Crippen LogP contribution < -0.4 is 0 Å². The molecule has 0 spiro atoms. The summed E-state index contributed by atoms with van der Waals surface area (Å²) in [4.78, 5) is 42.4. The highest BCUT2D eigenvalue weighted by molar-refractivity contribution is 5.97. The smallest absolute Gasteiger partial charge is 0.246 e. The molecule has 3 amide bonds. The van der Waals surface area contributed by atoms with Crippen molar-refractivity contribution in [2.24, 2.45) is 5.92 Å². The van der Waals surface area contributed by atoms with Gasteiger partial charge < -0.3 is 14.7 Å².